The first kappa shape index (κ1) is 12.6. The lowest BCUT2D eigenvalue weighted by atomic mass is 10.1. The summed E-state index contributed by atoms with van der Waals surface area (Å²) in [5, 5.41) is 4.94. The molecule has 1 aromatic heterocycles. The summed E-state index contributed by atoms with van der Waals surface area (Å²) in [5.74, 6) is 0. The predicted octanol–water partition coefficient (Wildman–Crippen LogP) is 3.18. The Morgan fingerprint density at radius 3 is 2.88 bits per heavy atom. The monoisotopic (exact) mass is 313 g/mol. The summed E-state index contributed by atoms with van der Waals surface area (Å²) in [7, 11) is 0. The molecule has 1 unspecified atom stereocenters. The number of hydrogen-bond acceptors (Lipinski definition) is 2. The maximum absolute atomic E-state index is 6.24. The molecule has 0 aliphatic heterocycles. The van der Waals surface area contributed by atoms with Gasteiger partial charge in [-0.15, -0.1) is 0 Å². The topological polar surface area (TPSA) is 43.8 Å². The summed E-state index contributed by atoms with van der Waals surface area (Å²) >= 11 is 9.62. The van der Waals surface area contributed by atoms with E-state index in [0.717, 1.165) is 22.1 Å². The van der Waals surface area contributed by atoms with Crippen molar-refractivity contribution in [2.45, 2.75) is 19.4 Å². The molecule has 90 valence electrons. The van der Waals surface area contributed by atoms with Crippen molar-refractivity contribution in [3.05, 3.63) is 45.7 Å². The number of hydrogen-bond donors (Lipinski definition) is 1. The molecule has 2 rings (SSSR count). The van der Waals surface area contributed by atoms with Gasteiger partial charge in [0.1, 0.15) is 0 Å². The van der Waals surface area contributed by atoms with E-state index in [9.17, 15) is 0 Å². The molecule has 0 radical (unpaired) electrons. The van der Waals surface area contributed by atoms with Crippen molar-refractivity contribution in [1.29, 1.82) is 0 Å². The van der Waals surface area contributed by atoms with Crippen LogP contribution < -0.4 is 5.73 Å². The Balaban J connectivity index is 2.50. The van der Waals surface area contributed by atoms with E-state index in [0.29, 0.717) is 5.02 Å². The minimum atomic E-state index is 0.0891. The van der Waals surface area contributed by atoms with Crippen LogP contribution >= 0.6 is 27.5 Å². The summed E-state index contributed by atoms with van der Waals surface area (Å²) < 4.78 is 2.69. The molecule has 1 aromatic carbocycles. The van der Waals surface area contributed by atoms with Gasteiger partial charge in [-0.3, -0.25) is 0 Å². The number of halogens is 2. The Morgan fingerprint density at radius 1 is 1.53 bits per heavy atom. The highest BCUT2D eigenvalue weighted by Crippen LogP contribution is 2.25. The van der Waals surface area contributed by atoms with Crippen LogP contribution in [0.3, 0.4) is 0 Å². The van der Waals surface area contributed by atoms with Gasteiger partial charge >= 0.3 is 0 Å². The standard InChI is InChI=1S/C12H13BrClN3/c1-8(15)5-9-3-2-4-11(14)12(9)17-7-10(13)6-16-17/h2-4,6-8H,5,15H2,1H3. The maximum atomic E-state index is 6.24. The molecule has 3 nitrogen and oxygen atoms in total. The molecule has 1 heterocycles. The molecular weight excluding hydrogens is 302 g/mol. The van der Waals surface area contributed by atoms with Gasteiger partial charge in [0.15, 0.2) is 0 Å². The van der Waals surface area contributed by atoms with E-state index in [1.165, 1.54) is 0 Å². The molecular formula is C12H13BrClN3. The van der Waals surface area contributed by atoms with Crippen molar-refractivity contribution in [3.63, 3.8) is 0 Å². The molecule has 0 fully saturated rings. The third kappa shape index (κ3) is 2.89. The Hall–Kier alpha value is -0.840. The molecule has 0 amide bonds. The number of benzene rings is 1. The molecule has 2 aromatic rings. The van der Waals surface area contributed by atoms with E-state index in [1.807, 2.05) is 31.3 Å². The second-order valence-corrected chi connectivity index (χ2v) is 5.35. The van der Waals surface area contributed by atoms with Crippen LogP contribution in [0.4, 0.5) is 0 Å². The minimum Gasteiger partial charge on any atom is -0.328 e. The maximum Gasteiger partial charge on any atom is 0.0864 e. The number of para-hydroxylation sites is 1. The van der Waals surface area contributed by atoms with Crippen molar-refractivity contribution >= 4 is 27.5 Å². The zero-order valence-electron chi connectivity index (χ0n) is 9.40. The van der Waals surface area contributed by atoms with Crippen molar-refractivity contribution < 1.29 is 0 Å². The zero-order valence-corrected chi connectivity index (χ0v) is 11.7. The molecule has 0 aliphatic rings. The van der Waals surface area contributed by atoms with Gasteiger partial charge in [-0.1, -0.05) is 23.7 Å². The van der Waals surface area contributed by atoms with Crippen LogP contribution in [0.15, 0.2) is 35.1 Å². The largest absolute Gasteiger partial charge is 0.328 e. The third-order valence-electron chi connectivity index (χ3n) is 2.39. The van der Waals surface area contributed by atoms with Gasteiger partial charge in [-0.2, -0.15) is 5.10 Å². The van der Waals surface area contributed by atoms with Crippen LogP contribution in [0.1, 0.15) is 12.5 Å². The van der Waals surface area contributed by atoms with Crippen LogP contribution in [-0.4, -0.2) is 15.8 Å². The summed E-state index contributed by atoms with van der Waals surface area (Å²) in [4.78, 5) is 0. The summed E-state index contributed by atoms with van der Waals surface area (Å²) in [5.41, 5.74) is 7.84. The fourth-order valence-electron chi connectivity index (χ4n) is 1.75. The van der Waals surface area contributed by atoms with E-state index in [4.69, 9.17) is 17.3 Å². The highest BCUT2D eigenvalue weighted by atomic mass is 79.9. The van der Waals surface area contributed by atoms with Gasteiger partial charge in [0.05, 0.1) is 21.4 Å². The molecule has 17 heavy (non-hydrogen) atoms. The summed E-state index contributed by atoms with van der Waals surface area (Å²) in [6.07, 6.45) is 4.39. The van der Waals surface area contributed by atoms with E-state index in [2.05, 4.69) is 21.0 Å². The molecule has 0 spiro atoms. The zero-order chi connectivity index (χ0) is 12.4. The molecule has 0 bridgehead atoms. The number of nitrogens with two attached hydrogens (primary N) is 1. The normalized spacial score (nSPS) is 12.7. The smallest absolute Gasteiger partial charge is 0.0864 e. The Kier molecular flexibility index (Phi) is 3.86. The average molecular weight is 315 g/mol. The summed E-state index contributed by atoms with van der Waals surface area (Å²) in [6.45, 7) is 1.98. The van der Waals surface area contributed by atoms with Gasteiger partial charge in [-0.25, -0.2) is 4.68 Å². The van der Waals surface area contributed by atoms with E-state index < -0.39 is 0 Å². The lowest BCUT2D eigenvalue weighted by molar-refractivity contribution is 0.727. The second-order valence-electron chi connectivity index (χ2n) is 4.03. The average Bonchev–Trinajstić information content (AvgIpc) is 2.64. The van der Waals surface area contributed by atoms with E-state index in [1.54, 1.807) is 10.9 Å². The lowest BCUT2D eigenvalue weighted by Gasteiger charge is -2.13. The Bertz CT molecular complexity index is 522. The van der Waals surface area contributed by atoms with Gasteiger partial charge in [-0.05, 0) is 40.9 Å². The Labute approximate surface area is 114 Å². The minimum absolute atomic E-state index is 0.0891. The second kappa shape index (κ2) is 5.21. The van der Waals surface area contributed by atoms with Crippen LogP contribution in [0.2, 0.25) is 5.02 Å². The Morgan fingerprint density at radius 2 is 2.29 bits per heavy atom. The van der Waals surface area contributed by atoms with Gasteiger partial charge in [0.25, 0.3) is 0 Å². The van der Waals surface area contributed by atoms with Gasteiger partial charge < -0.3 is 5.73 Å². The quantitative estimate of drug-likeness (QED) is 0.945. The van der Waals surface area contributed by atoms with Crippen molar-refractivity contribution in [1.82, 2.24) is 9.78 Å². The van der Waals surface area contributed by atoms with Crippen LogP contribution in [0.5, 0.6) is 0 Å². The van der Waals surface area contributed by atoms with Crippen LogP contribution in [-0.2, 0) is 6.42 Å². The SMILES string of the molecule is CC(N)Cc1cccc(Cl)c1-n1cc(Br)cn1. The molecule has 0 saturated heterocycles. The first-order valence-electron chi connectivity index (χ1n) is 5.31. The number of aromatic nitrogens is 2. The number of rotatable bonds is 3. The van der Waals surface area contributed by atoms with E-state index >= 15 is 0 Å². The lowest BCUT2D eigenvalue weighted by Crippen LogP contribution is -2.19. The first-order chi connectivity index (χ1) is 8.08. The molecule has 0 saturated carbocycles. The molecule has 2 N–H and O–H groups in total. The van der Waals surface area contributed by atoms with Crippen molar-refractivity contribution in [2.75, 3.05) is 0 Å². The predicted molar refractivity (Wildman–Crippen MR) is 73.6 cm³/mol. The van der Waals surface area contributed by atoms with Crippen molar-refractivity contribution in [3.8, 4) is 5.69 Å². The van der Waals surface area contributed by atoms with E-state index in [-0.39, 0.29) is 6.04 Å². The van der Waals surface area contributed by atoms with Gasteiger partial charge in [0.2, 0.25) is 0 Å². The molecule has 5 heteroatoms. The van der Waals surface area contributed by atoms with Crippen LogP contribution in [0.25, 0.3) is 5.69 Å². The fourth-order valence-corrected chi connectivity index (χ4v) is 2.32. The molecule has 0 aliphatic carbocycles. The van der Waals surface area contributed by atoms with Crippen molar-refractivity contribution in [2.24, 2.45) is 5.73 Å². The fraction of sp³-hybridized carbons (Fsp3) is 0.250. The van der Waals surface area contributed by atoms with Gasteiger partial charge in [0, 0.05) is 12.2 Å². The highest BCUT2D eigenvalue weighted by molar-refractivity contribution is 9.10. The first-order valence-corrected chi connectivity index (χ1v) is 6.48. The third-order valence-corrected chi connectivity index (χ3v) is 3.11. The highest BCUT2D eigenvalue weighted by Gasteiger charge is 2.11. The summed E-state index contributed by atoms with van der Waals surface area (Å²) in [6, 6.07) is 5.91. The molecule has 1 atom stereocenters. The van der Waals surface area contributed by atoms with Crippen LogP contribution in [0, 0.1) is 0 Å². The number of nitrogens with zero attached hydrogens (tertiary/aromatic N) is 2.